The van der Waals surface area contributed by atoms with Gasteiger partial charge in [-0.05, 0) is 23.3 Å². The molecule has 0 spiro atoms. The SMILES string of the molecule is COC(=O)[C@@H]1[C@@H](c2ccccc2)[C@]2(c3ccc(C#N)cc3)Oc3cc(Cl)cnc3[C@]2(O)[C@H]1C#N. The Bertz CT molecular complexity index is 1370. The molecule has 5 rings (SSSR count). The van der Waals surface area contributed by atoms with Crippen LogP contribution in [0.25, 0.3) is 0 Å². The molecule has 0 bridgehead atoms. The lowest BCUT2D eigenvalue weighted by molar-refractivity contribution is -0.148. The third kappa shape index (κ3) is 2.72. The molecule has 5 atom stereocenters. The van der Waals surface area contributed by atoms with Gasteiger partial charge in [0.15, 0.2) is 11.2 Å². The smallest absolute Gasteiger partial charge is 0.310 e. The molecule has 7 nitrogen and oxygen atoms in total. The van der Waals surface area contributed by atoms with Crippen LogP contribution >= 0.6 is 11.6 Å². The topological polar surface area (TPSA) is 116 Å². The number of fused-ring (bicyclic) bond motifs is 3. The molecule has 2 aliphatic rings. The molecule has 168 valence electrons. The van der Waals surface area contributed by atoms with E-state index in [-0.39, 0.29) is 11.4 Å². The number of halogens is 1. The number of ether oxygens (including phenoxy) is 2. The molecular weight excluding hydrogens is 454 g/mol. The predicted molar refractivity (Wildman–Crippen MR) is 120 cm³/mol. The van der Waals surface area contributed by atoms with Crippen molar-refractivity contribution in [3.05, 3.63) is 94.3 Å². The molecule has 0 saturated heterocycles. The largest absolute Gasteiger partial charge is 0.476 e. The summed E-state index contributed by atoms with van der Waals surface area (Å²) in [5.41, 5.74) is -1.94. The molecule has 0 radical (unpaired) electrons. The van der Waals surface area contributed by atoms with E-state index in [1.807, 2.05) is 30.3 Å². The Hall–Kier alpha value is -3.91. The van der Waals surface area contributed by atoms with E-state index in [4.69, 9.17) is 21.1 Å². The minimum atomic E-state index is -2.02. The van der Waals surface area contributed by atoms with Crippen LogP contribution in [0.15, 0.2) is 66.9 Å². The van der Waals surface area contributed by atoms with E-state index in [0.29, 0.717) is 21.7 Å². The first kappa shape index (κ1) is 21.9. The van der Waals surface area contributed by atoms with Crippen LogP contribution in [0.2, 0.25) is 5.02 Å². The third-order valence-electron chi connectivity index (χ3n) is 6.84. The van der Waals surface area contributed by atoms with Gasteiger partial charge in [0, 0.05) is 18.2 Å². The lowest BCUT2D eigenvalue weighted by Gasteiger charge is -2.40. The maximum absolute atomic E-state index is 13.2. The molecular formula is C26H18ClN3O4. The summed E-state index contributed by atoms with van der Waals surface area (Å²) >= 11 is 6.18. The zero-order chi connectivity index (χ0) is 24.1. The molecule has 34 heavy (non-hydrogen) atoms. The van der Waals surface area contributed by atoms with Crippen molar-refractivity contribution < 1.29 is 19.4 Å². The van der Waals surface area contributed by atoms with Gasteiger partial charge in [-0.1, -0.05) is 54.1 Å². The minimum absolute atomic E-state index is 0.125. The standard InChI is InChI=1S/C26H18ClN3O4/c1-33-24(31)21-19(13-29)25(32)23-20(11-18(27)14-30-23)34-26(25,17-9-7-15(12-28)8-10-17)22(21)16-5-3-2-4-6-16/h2-11,14,19,21-22,32H,1H3/t19-,21-,22+,25+,26-/m0/s1. The summed E-state index contributed by atoms with van der Waals surface area (Å²) < 4.78 is 11.7. The normalized spacial score (nSPS) is 28.7. The summed E-state index contributed by atoms with van der Waals surface area (Å²) in [5, 5.41) is 32.4. The van der Waals surface area contributed by atoms with E-state index < -0.39 is 34.9 Å². The zero-order valence-electron chi connectivity index (χ0n) is 18.0. The quantitative estimate of drug-likeness (QED) is 0.577. The lowest BCUT2D eigenvalue weighted by Crippen LogP contribution is -2.50. The second-order valence-corrected chi connectivity index (χ2v) is 8.77. The van der Waals surface area contributed by atoms with Crippen LogP contribution in [0.3, 0.4) is 0 Å². The Morgan fingerprint density at radius 1 is 1.18 bits per heavy atom. The number of carbonyl (C=O) groups is 1. The van der Waals surface area contributed by atoms with Gasteiger partial charge < -0.3 is 14.6 Å². The Morgan fingerprint density at radius 2 is 1.88 bits per heavy atom. The number of pyridine rings is 1. The van der Waals surface area contributed by atoms with Gasteiger partial charge in [0.2, 0.25) is 0 Å². The molecule has 0 unspecified atom stereocenters. The summed E-state index contributed by atoms with van der Waals surface area (Å²) in [6, 6.07) is 21.4. The van der Waals surface area contributed by atoms with Crippen molar-refractivity contribution >= 4 is 17.6 Å². The molecule has 1 aromatic heterocycles. The van der Waals surface area contributed by atoms with E-state index in [1.54, 1.807) is 24.3 Å². The van der Waals surface area contributed by atoms with E-state index in [0.717, 1.165) is 0 Å². The van der Waals surface area contributed by atoms with Crippen LogP contribution in [0.4, 0.5) is 0 Å². The Kier molecular flexibility index (Phi) is 5.06. The van der Waals surface area contributed by atoms with Crippen molar-refractivity contribution in [2.24, 2.45) is 11.8 Å². The number of benzene rings is 2. The summed E-state index contributed by atoms with van der Waals surface area (Å²) in [7, 11) is 1.25. The Morgan fingerprint density at radius 3 is 2.50 bits per heavy atom. The van der Waals surface area contributed by atoms with Crippen molar-refractivity contribution in [2.75, 3.05) is 7.11 Å². The molecule has 0 amide bonds. The fourth-order valence-electron chi connectivity index (χ4n) is 5.53. The Balaban J connectivity index is 1.89. The Labute approximate surface area is 200 Å². The van der Waals surface area contributed by atoms with Gasteiger partial charge in [-0.25, -0.2) is 0 Å². The van der Waals surface area contributed by atoms with Gasteiger partial charge in [-0.2, -0.15) is 10.5 Å². The van der Waals surface area contributed by atoms with Gasteiger partial charge in [-0.15, -0.1) is 0 Å². The highest BCUT2D eigenvalue weighted by molar-refractivity contribution is 6.30. The highest BCUT2D eigenvalue weighted by Crippen LogP contribution is 2.70. The maximum Gasteiger partial charge on any atom is 0.310 e. The molecule has 1 N–H and O–H groups in total. The van der Waals surface area contributed by atoms with Gasteiger partial charge in [0.1, 0.15) is 11.4 Å². The van der Waals surface area contributed by atoms with E-state index in [9.17, 15) is 20.4 Å². The fraction of sp³-hybridized carbons (Fsp3) is 0.231. The fourth-order valence-corrected chi connectivity index (χ4v) is 5.68. The van der Waals surface area contributed by atoms with Crippen molar-refractivity contribution in [1.29, 1.82) is 10.5 Å². The number of carbonyl (C=O) groups excluding carboxylic acids is 1. The van der Waals surface area contributed by atoms with Crippen LogP contribution < -0.4 is 4.74 Å². The molecule has 1 fully saturated rings. The van der Waals surface area contributed by atoms with Crippen LogP contribution in [0.5, 0.6) is 5.75 Å². The molecule has 2 aromatic carbocycles. The van der Waals surface area contributed by atoms with Gasteiger partial charge in [-0.3, -0.25) is 9.78 Å². The summed E-state index contributed by atoms with van der Waals surface area (Å²) in [4.78, 5) is 17.5. The van der Waals surface area contributed by atoms with E-state index in [1.165, 1.54) is 19.4 Å². The maximum atomic E-state index is 13.2. The number of nitriles is 2. The van der Waals surface area contributed by atoms with Crippen molar-refractivity contribution in [3.8, 4) is 17.9 Å². The summed E-state index contributed by atoms with van der Waals surface area (Å²) in [5.74, 6) is -3.56. The van der Waals surface area contributed by atoms with Gasteiger partial charge in [0.25, 0.3) is 0 Å². The summed E-state index contributed by atoms with van der Waals surface area (Å²) in [6.07, 6.45) is 1.37. The number of rotatable bonds is 3. The van der Waals surface area contributed by atoms with E-state index in [2.05, 4.69) is 17.1 Å². The highest BCUT2D eigenvalue weighted by Gasteiger charge is 2.78. The highest BCUT2D eigenvalue weighted by atomic mass is 35.5. The first-order valence-electron chi connectivity index (χ1n) is 10.5. The zero-order valence-corrected chi connectivity index (χ0v) is 18.7. The number of nitrogens with zero attached hydrogens (tertiary/aromatic N) is 3. The molecule has 1 aliphatic heterocycles. The molecule has 3 aromatic rings. The van der Waals surface area contributed by atoms with Crippen molar-refractivity contribution in [3.63, 3.8) is 0 Å². The average molecular weight is 472 g/mol. The number of hydrogen-bond acceptors (Lipinski definition) is 7. The van der Waals surface area contributed by atoms with Crippen LogP contribution in [0.1, 0.15) is 28.3 Å². The lowest BCUT2D eigenvalue weighted by atomic mass is 9.71. The second-order valence-electron chi connectivity index (χ2n) is 8.34. The first-order valence-corrected chi connectivity index (χ1v) is 10.9. The van der Waals surface area contributed by atoms with E-state index >= 15 is 0 Å². The minimum Gasteiger partial charge on any atom is -0.476 e. The van der Waals surface area contributed by atoms with Crippen molar-refractivity contribution in [2.45, 2.75) is 17.1 Å². The van der Waals surface area contributed by atoms with Gasteiger partial charge >= 0.3 is 5.97 Å². The second kappa shape index (κ2) is 7.85. The number of methoxy groups -OCH3 is 1. The molecule has 2 heterocycles. The predicted octanol–water partition coefficient (Wildman–Crippen LogP) is 3.81. The summed E-state index contributed by atoms with van der Waals surface area (Å²) in [6.45, 7) is 0. The van der Waals surface area contributed by atoms with Crippen LogP contribution in [0, 0.1) is 34.5 Å². The number of esters is 1. The van der Waals surface area contributed by atoms with Crippen LogP contribution in [-0.4, -0.2) is 23.2 Å². The number of aliphatic hydroxyl groups is 1. The monoisotopic (exact) mass is 471 g/mol. The first-order chi connectivity index (χ1) is 16.4. The average Bonchev–Trinajstić information content (AvgIpc) is 3.25. The number of hydrogen-bond donors (Lipinski definition) is 1. The van der Waals surface area contributed by atoms with Crippen LogP contribution in [-0.2, 0) is 20.7 Å². The van der Waals surface area contributed by atoms with Crippen molar-refractivity contribution in [1.82, 2.24) is 4.98 Å². The molecule has 1 aliphatic carbocycles. The molecule has 8 heteroatoms. The third-order valence-corrected chi connectivity index (χ3v) is 7.04. The number of aromatic nitrogens is 1. The molecule has 1 saturated carbocycles. The van der Waals surface area contributed by atoms with Gasteiger partial charge in [0.05, 0.1) is 41.7 Å².